The first kappa shape index (κ1) is 16.3. The van der Waals surface area contributed by atoms with Gasteiger partial charge in [0.05, 0.1) is 15.6 Å². The maximum absolute atomic E-state index is 5.91. The van der Waals surface area contributed by atoms with E-state index in [0.29, 0.717) is 6.54 Å². The van der Waals surface area contributed by atoms with Crippen molar-refractivity contribution in [3.63, 3.8) is 0 Å². The lowest BCUT2D eigenvalue weighted by Crippen LogP contribution is -2.22. The highest BCUT2D eigenvalue weighted by Gasteiger charge is 2.12. The van der Waals surface area contributed by atoms with Crippen molar-refractivity contribution in [3.8, 4) is 5.75 Å². The summed E-state index contributed by atoms with van der Waals surface area (Å²) >= 11 is 7.16. The second kappa shape index (κ2) is 8.37. The Morgan fingerprint density at radius 3 is 2.40 bits per heavy atom. The van der Waals surface area contributed by atoms with Gasteiger partial charge in [0, 0.05) is 6.54 Å². The third-order valence-electron chi connectivity index (χ3n) is 3.55. The monoisotopic (exact) mass is 404 g/mol. The third-order valence-corrected chi connectivity index (χ3v) is 4.73. The van der Waals surface area contributed by atoms with Crippen molar-refractivity contribution in [3.05, 3.63) is 26.6 Å². The highest BCUT2D eigenvalue weighted by atomic mass is 79.9. The quantitative estimate of drug-likeness (QED) is 0.704. The predicted octanol–water partition coefficient (Wildman–Crippen LogP) is 3.58. The molecule has 2 N–H and O–H groups in total. The normalized spacial score (nSPS) is 15.8. The molecule has 1 heterocycles. The number of hydrogen-bond donors (Lipinski definition) is 1. The lowest BCUT2D eigenvalue weighted by Gasteiger charge is -2.16. The molecule has 20 heavy (non-hydrogen) atoms. The van der Waals surface area contributed by atoms with Crippen molar-refractivity contribution in [2.75, 3.05) is 32.8 Å². The van der Waals surface area contributed by atoms with Crippen molar-refractivity contribution in [2.45, 2.75) is 25.7 Å². The molecule has 0 spiro atoms. The van der Waals surface area contributed by atoms with Crippen LogP contribution in [0.3, 0.4) is 0 Å². The summed E-state index contributed by atoms with van der Waals surface area (Å²) in [6.07, 6.45) is 4.65. The second-order valence-electron chi connectivity index (χ2n) is 5.18. The molecular formula is C15H22Br2N2O. The minimum absolute atomic E-state index is 0.662. The fourth-order valence-electron chi connectivity index (χ4n) is 2.53. The van der Waals surface area contributed by atoms with Crippen LogP contribution in [0, 0.1) is 0 Å². The first-order chi connectivity index (χ1) is 9.70. The Morgan fingerprint density at radius 1 is 1.15 bits per heavy atom. The molecule has 1 aliphatic heterocycles. The lowest BCUT2D eigenvalue weighted by molar-refractivity contribution is 0.261. The van der Waals surface area contributed by atoms with Crippen LogP contribution in [0.5, 0.6) is 5.75 Å². The van der Waals surface area contributed by atoms with E-state index in [1.165, 1.54) is 31.5 Å². The van der Waals surface area contributed by atoms with Gasteiger partial charge in [0.25, 0.3) is 0 Å². The zero-order chi connectivity index (χ0) is 14.4. The minimum Gasteiger partial charge on any atom is -0.491 e. The van der Waals surface area contributed by atoms with Crippen LogP contribution in [0.25, 0.3) is 0 Å². The van der Waals surface area contributed by atoms with Crippen LogP contribution >= 0.6 is 31.9 Å². The first-order valence-electron chi connectivity index (χ1n) is 7.24. The summed E-state index contributed by atoms with van der Waals surface area (Å²) in [5, 5.41) is 0. The number of hydrogen-bond acceptors (Lipinski definition) is 3. The topological polar surface area (TPSA) is 38.5 Å². The highest BCUT2D eigenvalue weighted by molar-refractivity contribution is 9.11. The second-order valence-corrected chi connectivity index (χ2v) is 6.89. The number of ether oxygens (including phenoxy) is 1. The maximum atomic E-state index is 5.91. The molecule has 0 saturated carbocycles. The number of rotatable bonds is 7. The average Bonchev–Trinajstić information content (AvgIpc) is 2.90. The van der Waals surface area contributed by atoms with Crippen LogP contribution in [-0.2, 0) is 6.42 Å². The predicted molar refractivity (Wildman–Crippen MR) is 90.4 cm³/mol. The number of nitrogens with two attached hydrogens (primary N) is 1. The minimum atomic E-state index is 0.662. The fraction of sp³-hybridized carbons (Fsp3) is 0.600. The Hall–Kier alpha value is -0.100. The van der Waals surface area contributed by atoms with Gasteiger partial charge in [-0.15, -0.1) is 0 Å². The molecule has 0 amide bonds. The van der Waals surface area contributed by atoms with Gasteiger partial charge in [-0.2, -0.15) is 0 Å². The average molecular weight is 406 g/mol. The molecule has 0 bridgehead atoms. The zero-order valence-corrected chi connectivity index (χ0v) is 14.9. The van der Waals surface area contributed by atoms with Gasteiger partial charge >= 0.3 is 0 Å². The van der Waals surface area contributed by atoms with Crippen molar-refractivity contribution in [1.29, 1.82) is 0 Å². The Balaban J connectivity index is 1.82. The molecular weight excluding hydrogens is 384 g/mol. The van der Waals surface area contributed by atoms with Crippen LogP contribution in [0.2, 0.25) is 0 Å². The number of nitrogens with zero attached hydrogens (tertiary/aromatic N) is 1. The van der Waals surface area contributed by atoms with E-state index in [1.54, 1.807) is 0 Å². The number of benzene rings is 1. The van der Waals surface area contributed by atoms with Crippen molar-refractivity contribution in [2.24, 2.45) is 5.73 Å². The summed E-state index contributed by atoms with van der Waals surface area (Å²) in [4.78, 5) is 2.51. The van der Waals surface area contributed by atoms with E-state index in [2.05, 4.69) is 48.9 Å². The molecule has 5 heteroatoms. The van der Waals surface area contributed by atoms with E-state index >= 15 is 0 Å². The SMILES string of the molecule is NCCc1cc(Br)c(OCCCN2CCCC2)c(Br)c1. The molecule has 1 aliphatic rings. The zero-order valence-electron chi connectivity index (χ0n) is 11.7. The maximum Gasteiger partial charge on any atom is 0.147 e. The van der Waals surface area contributed by atoms with E-state index < -0.39 is 0 Å². The molecule has 2 rings (SSSR count). The number of halogens is 2. The molecule has 112 valence electrons. The van der Waals surface area contributed by atoms with Gasteiger partial charge in [0.1, 0.15) is 5.75 Å². The number of likely N-dealkylation sites (tertiary alicyclic amines) is 1. The van der Waals surface area contributed by atoms with Gasteiger partial charge in [-0.25, -0.2) is 0 Å². The molecule has 1 aromatic rings. The molecule has 0 atom stereocenters. The summed E-state index contributed by atoms with van der Waals surface area (Å²) in [7, 11) is 0. The van der Waals surface area contributed by atoms with Gasteiger partial charge in [-0.3, -0.25) is 0 Å². The van der Waals surface area contributed by atoms with Gasteiger partial charge in [-0.1, -0.05) is 0 Å². The Bertz CT molecular complexity index is 411. The van der Waals surface area contributed by atoms with Crippen molar-refractivity contribution < 1.29 is 4.74 Å². The van der Waals surface area contributed by atoms with Crippen molar-refractivity contribution in [1.82, 2.24) is 4.90 Å². The molecule has 0 unspecified atom stereocenters. The Kier molecular flexibility index (Phi) is 6.81. The molecule has 0 aliphatic carbocycles. The van der Waals surface area contributed by atoms with E-state index in [9.17, 15) is 0 Å². The standard InChI is InChI=1S/C15H22Br2N2O/c16-13-10-12(4-5-18)11-14(17)15(13)20-9-3-8-19-6-1-2-7-19/h10-11H,1-9,18H2. The largest absolute Gasteiger partial charge is 0.491 e. The first-order valence-corrected chi connectivity index (χ1v) is 8.82. The van der Waals surface area contributed by atoms with Crippen molar-refractivity contribution >= 4 is 31.9 Å². The lowest BCUT2D eigenvalue weighted by atomic mass is 10.1. The molecule has 0 radical (unpaired) electrons. The summed E-state index contributed by atoms with van der Waals surface area (Å²) in [5.41, 5.74) is 6.81. The molecule has 1 saturated heterocycles. The summed E-state index contributed by atoms with van der Waals surface area (Å²) in [6.45, 7) is 5.06. The summed E-state index contributed by atoms with van der Waals surface area (Å²) < 4.78 is 7.90. The van der Waals surface area contributed by atoms with Gasteiger partial charge in [0.15, 0.2) is 0 Å². The van der Waals surface area contributed by atoms with Gasteiger partial charge in [-0.05, 0) is 94.9 Å². The van der Waals surface area contributed by atoms with Gasteiger partial charge in [0.2, 0.25) is 0 Å². The van der Waals surface area contributed by atoms with Gasteiger partial charge < -0.3 is 15.4 Å². The Morgan fingerprint density at radius 2 is 1.80 bits per heavy atom. The smallest absolute Gasteiger partial charge is 0.147 e. The summed E-state index contributed by atoms with van der Waals surface area (Å²) in [5.74, 6) is 0.896. The van der Waals surface area contributed by atoms with E-state index in [1.807, 2.05) is 0 Å². The molecule has 3 nitrogen and oxygen atoms in total. The molecule has 0 aromatic heterocycles. The van der Waals surface area contributed by atoms with E-state index in [4.69, 9.17) is 10.5 Å². The van der Waals surface area contributed by atoms with Crippen LogP contribution in [0.4, 0.5) is 0 Å². The third kappa shape index (κ3) is 4.72. The van der Waals surface area contributed by atoms with E-state index in [-0.39, 0.29) is 0 Å². The van der Waals surface area contributed by atoms with Crippen LogP contribution < -0.4 is 10.5 Å². The fourth-order valence-corrected chi connectivity index (χ4v) is 4.04. The van der Waals surface area contributed by atoms with E-state index in [0.717, 1.165) is 40.7 Å². The van der Waals surface area contributed by atoms with Crippen LogP contribution in [0.1, 0.15) is 24.8 Å². The molecule has 1 aromatic carbocycles. The van der Waals surface area contributed by atoms with Crippen LogP contribution in [0.15, 0.2) is 21.1 Å². The summed E-state index contributed by atoms with van der Waals surface area (Å²) in [6, 6.07) is 4.18. The van der Waals surface area contributed by atoms with Crippen LogP contribution in [-0.4, -0.2) is 37.7 Å². The Labute approximate surface area is 138 Å². The molecule has 1 fully saturated rings. The highest BCUT2D eigenvalue weighted by Crippen LogP contribution is 2.35.